The molecular weight excluding hydrogens is 250 g/mol. The van der Waals surface area contributed by atoms with Gasteiger partial charge < -0.3 is 10.5 Å². The van der Waals surface area contributed by atoms with E-state index >= 15 is 0 Å². The fraction of sp³-hybridized carbons (Fsp3) is 1.00. The molecule has 1 saturated heterocycles. The summed E-state index contributed by atoms with van der Waals surface area (Å²) in [6.45, 7) is 4.77. The Labute approximate surface area is 110 Å². The lowest BCUT2D eigenvalue weighted by atomic mass is 9.76. The van der Waals surface area contributed by atoms with E-state index in [4.69, 9.17) is 10.5 Å². The molecule has 0 aromatic carbocycles. The molecule has 2 fully saturated rings. The van der Waals surface area contributed by atoms with Crippen molar-refractivity contribution in [1.29, 1.82) is 0 Å². The average Bonchev–Trinajstić information content (AvgIpc) is 3.07. The predicted octanol–water partition coefficient (Wildman–Crippen LogP) is 1.34. The molecule has 2 aliphatic rings. The Hall–Kier alpha value is -0.130. The van der Waals surface area contributed by atoms with Crippen LogP contribution in [0.25, 0.3) is 0 Å². The van der Waals surface area contributed by atoms with E-state index in [0.29, 0.717) is 18.9 Å². The maximum absolute atomic E-state index is 12.0. The number of rotatable bonds is 6. The van der Waals surface area contributed by atoms with Crippen molar-refractivity contribution in [3.8, 4) is 0 Å². The molecule has 0 aromatic heterocycles. The van der Waals surface area contributed by atoms with Gasteiger partial charge in [-0.05, 0) is 45.4 Å². The molecule has 2 N–H and O–H groups in total. The Kier molecular flexibility index (Phi) is 4.04. The SMILES string of the molecule is CC(C)S(=O)(=O)CCC1(CN)CCOC1C1CC1. The molecule has 18 heavy (non-hydrogen) atoms. The van der Waals surface area contributed by atoms with Crippen molar-refractivity contribution in [2.45, 2.75) is 50.9 Å². The monoisotopic (exact) mass is 275 g/mol. The molecule has 0 radical (unpaired) electrons. The van der Waals surface area contributed by atoms with Crippen LogP contribution in [-0.2, 0) is 14.6 Å². The van der Waals surface area contributed by atoms with Gasteiger partial charge in [0.2, 0.25) is 0 Å². The highest BCUT2D eigenvalue weighted by Gasteiger charge is 2.50. The Morgan fingerprint density at radius 3 is 2.56 bits per heavy atom. The van der Waals surface area contributed by atoms with Crippen LogP contribution in [0.4, 0.5) is 0 Å². The lowest BCUT2D eigenvalue weighted by Crippen LogP contribution is -2.41. The van der Waals surface area contributed by atoms with Crippen molar-refractivity contribution in [1.82, 2.24) is 0 Å². The van der Waals surface area contributed by atoms with Crippen molar-refractivity contribution in [3.05, 3.63) is 0 Å². The molecule has 1 heterocycles. The van der Waals surface area contributed by atoms with E-state index in [1.165, 1.54) is 12.8 Å². The van der Waals surface area contributed by atoms with Gasteiger partial charge >= 0.3 is 0 Å². The first-order valence-corrected chi connectivity index (χ1v) is 8.66. The minimum Gasteiger partial charge on any atom is -0.377 e. The number of hydrogen-bond acceptors (Lipinski definition) is 4. The Morgan fingerprint density at radius 2 is 2.06 bits per heavy atom. The predicted molar refractivity (Wildman–Crippen MR) is 72.1 cm³/mol. The van der Waals surface area contributed by atoms with E-state index in [1.807, 2.05) is 0 Å². The Balaban J connectivity index is 2.04. The third-order valence-corrected chi connectivity index (χ3v) is 6.77. The van der Waals surface area contributed by atoms with E-state index in [-0.39, 0.29) is 22.5 Å². The van der Waals surface area contributed by atoms with E-state index < -0.39 is 9.84 Å². The number of ether oxygens (including phenoxy) is 1. The fourth-order valence-electron chi connectivity index (χ4n) is 2.91. The summed E-state index contributed by atoms with van der Waals surface area (Å²) in [6.07, 6.45) is 4.20. The van der Waals surface area contributed by atoms with Crippen molar-refractivity contribution >= 4 is 9.84 Å². The zero-order valence-electron chi connectivity index (χ0n) is 11.4. The minimum atomic E-state index is -2.97. The fourth-order valence-corrected chi connectivity index (χ4v) is 4.07. The number of nitrogens with two attached hydrogens (primary N) is 1. The van der Waals surface area contributed by atoms with Gasteiger partial charge in [-0.3, -0.25) is 0 Å². The minimum absolute atomic E-state index is 0.0941. The molecule has 5 heteroatoms. The van der Waals surface area contributed by atoms with Crippen LogP contribution in [0.1, 0.15) is 39.5 Å². The first-order chi connectivity index (χ1) is 8.41. The number of hydrogen-bond donors (Lipinski definition) is 1. The molecule has 4 nitrogen and oxygen atoms in total. The van der Waals surface area contributed by atoms with Gasteiger partial charge in [0.15, 0.2) is 9.84 Å². The van der Waals surface area contributed by atoms with Gasteiger partial charge in [0.25, 0.3) is 0 Å². The van der Waals surface area contributed by atoms with Crippen molar-refractivity contribution in [2.75, 3.05) is 18.9 Å². The first-order valence-electron chi connectivity index (χ1n) is 6.94. The largest absolute Gasteiger partial charge is 0.377 e. The van der Waals surface area contributed by atoms with Crippen LogP contribution in [0, 0.1) is 11.3 Å². The summed E-state index contributed by atoms with van der Waals surface area (Å²) in [5, 5.41) is -0.297. The van der Waals surface area contributed by atoms with Crippen LogP contribution in [0.15, 0.2) is 0 Å². The molecule has 0 aromatic rings. The Bertz CT molecular complexity index is 389. The number of sulfone groups is 1. The molecule has 0 bridgehead atoms. The molecule has 1 saturated carbocycles. The van der Waals surface area contributed by atoms with Gasteiger partial charge in [-0.25, -0.2) is 8.42 Å². The van der Waals surface area contributed by atoms with Crippen molar-refractivity contribution in [2.24, 2.45) is 17.1 Å². The van der Waals surface area contributed by atoms with Crippen LogP contribution in [-0.4, -0.2) is 38.7 Å². The van der Waals surface area contributed by atoms with Crippen molar-refractivity contribution < 1.29 is 13.2 Å². The summed E-state index contributed by atoms with van der Waals surface area (Å²) in [5.41, 5.74) is 5.86. The first kappa shape index (κ1) is 14.3. The van der Waals surface area contributed by atoms with E-state index in [9.17, 15) is 8.42 Å². The summed E-state index contributed by atoms with van der Waals surface area (Å²) in [5.74, 6) is 0.867. The van der Waals surface area contributed by atoms with E-state index in [0.717, 1.165) is 13.0 Å². The molecule has 2 unspecified atom stereocenters. The van der Waals surface area contributed by atoms with E-state index in [1.54, 1.807) is 13.8 Å². The highest BCUT2D eigenvalue weighted by Crippen LogP contribution is 2.49. The third kappa shape index (κ3) is 2.73. The van der Waals surface area contributed by atoms with Crippen molar-refractivity contribution in [3.63, 3.8) is 0 Å². The zero-order chi connectivity index (χ0) is 13.4. The molecular formula is C13H25NO3S. The summed E-state index contributed by atoms with van der Waals surface area (Å²) in [7, 11) is -2.97. The zero-order valence-corrected chi connectivity index (χ0v) is 12.2. The van der Waals surface area contributed by atoms with Gasteiger partial charge in [0.05, 0.1) is 17.1 Å². The van der Waals surface area contributed by atoms with Crippen LogP contribution in [0.3, 0.4) is 0 Å². The maximum atomic E-state index is 12.0. The topological polar surface area (TPSA) is 69.4 Å². The summed E-state index contributed by atoms with van der Waals surface area (Å²) in [6, 6.07) is 0. The van der Waals surface area contributed by atoms with Gasteiger partial charge in [0, 0.05) is 18.6 Å². The lowest BCUT2D eigenvalue weighted by molar-refractivity contribution is 0.0330. The second-order valence-electron chi connectivity index (χ2n) is 6.11. The maximum Gasteiger partial charge on any atom is 0.152 e. The molecule has 1 aliphatic carbocycles. The quantitative estimate of drug-likeness (QED) is 0.794. The molecule has 0 amide bonds. The molecule has 106 valence electrons. The van der Waals surface area contributed by atoms with Gasteiger partial charge in [0.1, 0.15) is 0 Å². The van der Waals surface area contributed by atoms with Gasteiger partial charge in [-0.1, -0.05) is 0 Å². The molecule has 2 atom stereocenters. The van der Waals surface area contributed by atoms with Crippen LogP contribution in [0.5, 0.6) is 0 Å². The molecule has 2 rings (SSSR count). The Morgan fingerprint density at radius 1 is 1.39 bits per heavy atom. The highest BCUT2D eigenvalue weighted by molar-refractivity contribution is 7.91. The van der Waals surface area contributed by atoms with Gasteiger partial charge in [-0.15, -0.1) is 0 Å². The summed E-state index contributed by atoms with van der Waals surface area (Å²) in [4.78, 5) is 0. The second kappa shape index (κ2) is 5.10. The standard InChI is InChI=1S/C13H25NO3S/c1-10(2)18(15,16)8-6-13(9-14)5-7-17-12(13)11-3-4-11/h10-12H,3-9,14H2,1-2H3. The van der Waals surface area contributed by atoms with Crippen LogP contribution in [0.2, 0.25) is 0 Å². The summed E-state index contributed by atoms with van der Waals surface area (Å²) >= 11 is 0. The molecule has 1 aliphatic heterocycles. The summed E-state index contributed by atoms with van der Waals surface area (Å²) < 4.78 is 29.7. The van der Waals surface area contributed by atoms with E-state index in [2.05, 4.69) is 0 Å². The highest BCUT2D eigenvalue weighted by atomic mass is 32.2. The van der Waals surface area contributed by atoms with Crippen LogP contribution < -0.4 is 5.73 Å². The average molecular weight is 275 g/mol. The second-order valence-corrected chi connectivity index (χ2v) is 8.79. The normalized spacial score (nSPS) is 33.2. The third-order valence-electron chi connectivity index (χ3n) is 4.56. The lowest BCUT2D eigenvalue weighted by Gasteiger charge is -2.33. The van der Waals surface area contributed by atoms with Crippen LogP contribution >= 0.6 is 0 Å². The smallest absolute Gasteiger partial charge is 0.152 e. The molecule has 0 spiro atoms. The van der Waals surface area contributed by atoms with Gasteiger partial charge in [-0.2, -0.15) is 0 Å².